The van der Waals surface area contributed by atoms with Crippen LogP contribution in [0.2, 0.25) is 0 Å². The number of rotatable bonds is 6. The molecular formula is C19H21NO4. The summed E-state index contributed by atoms with van der Waals surface area (Å²) in [5.41, 5.74) is 3.21. The van der Waals surface area contributed by atoms with Gasteiger partial charge in [0.25, 0.3) is 0 Å². The van der Waals surface area contributed by atoms with Crippen molar-refractivity contribution in [1.29, 1.82) is 0 Å². The van der Waals surface area contributed by atoms with Crippen LogP contribution in [0.5, 0.6) is 5.75 Å². The minimum absolute atomic E-state index is 0.0891. The number of benzene rings is 2. The highest BCUT2D eigenvalue weighted by molar-refractivity contribution is 5.86. The van der Waals surface area contributed by atoms with Crippen LogP contribution in [0.4, 0.5) is 0 Å². The Morgan fingerprint density at radius 1 is 1.17 bits per heavy atom. The summed E-state index contributed by atoms with van der Waals surface area (Å²) < 4.78 is 5.13. The van der Waals surface area contributed by atoms with Crippen LogP contribution in [0.1, 0.15) is 28.3 Å². The van der Waals surface area contributed by atoms with Crippen molar-refractivity contribution in [3.63, 3.8) is 0 Å². The quantitative estimate of drug-likeness (QED) is 0.855. The highest BCUT2D eigenvalue weighted by atomic mass is 16.5. The molecule has 0 spiro atoms. The lowest BCUT2D eigenvalue weighted by atomic mass is 9.97. The second kappa shape index (κ2) is 7.64. The summed E-state index contributed by atoms with van der Waals surface area (Å²) in [6.07, 6.45) is 0.0891. The van der Waals surface area contributed by atoms with Gasteiger partial charge in [-0.3, -0.25) is 4.79 Å². The SMILES string of the molecule is COc1cccc(CC(=O)NC(C(=O)O)c2cccc(C)c2C)c1. The summed E-state index contributed by atoms with van der Waals surface area (Å²) >= 11 is 0. The van der Waals surface area contributed by atoms with E-state index in [1.54, 1.807) is 43.5 Å². The van der Waals surface area contributed by atoms with E-state index in [0.29, 0.717) is 11.3 Å². The zero-order chi connectivity index (χ0) is 17.7. The number of carbonyl (C=O) groups is 2. The predicted molar refractivity (Wildman–Crippen MR) is 91.1 cm³/mol. The second-order valence-corrected chi connectivity index (χ2v) is 5.66. The number of methoxy groups -OCH3 is 1. The molecule has 5 heteroatoms. The molecule has 2 aromatic carbocycles. The van der Waals surface area contributed by atoms with Crippen LogP contribution in [0.3, 0.4) is 0 Å². The zero-order valence-electron chi connectivity index (χ0n) is 14.0. The van der Waals surface area contributed by atoms with E-state index >= 15 is 0 Å². The zero-order valence-corrected chi connectivity index (χ0v) is 14.0. The molecule has 1 amide bonds. The Labute approximate surface area is 141 Å². The number of aryl methyl sites for hydroxylation is 1. The van der Waals surface area contributed by atoms with Gasteiger partial charge in [-0.25, -0.2) is 4.79 Å². The molecule has 0 saturated heterocycles. The maximum Gasteiger partial charge on any atom is 0.330 e. The second-order valence-electron chi connectivity index (χ2n) is 5.66. The van der Waals surface area contributed by atoms with Gasteiger partial charge in [-0.15, -0.1) is 0 Å². The number of hydrogen-bond acceptors (Lipinski definition) is 3. The molecule has 0 aliphatic rings. The van der Waals surface area contributed by atoms with E-state index in [1.165, 1.54) is 0 Å². The standard InChI is InChI=1S/C19H21NO4/c1-12-6-4-9-16(13(12)2)18(19(22)23)20-17(21)11-14-7-5-8-15(10-14)24-3/h4-10,18H,11H2,1-3H3,(H,20,21)(H,22,23). The fourth-order valence-electron chi connectivity index (χ4n) is 2.54. The molecule has 0 bridgehead atoms. The molecule has 0 saturated carbocycles. The summed E-state index contributed by atoms with van der Waals surface area (Å²) in [6, 6.07) is 11.5. The van der Waals surface area contributed by atoms with E-state index in [4.69, 9.17) is 4.74 Å². The Morgan fingerprint density at radius 2 is 1.88 bits per heavy atom. The minimum Gasteiger partial charge on any atom is -0.497 e. The fraction of sp³-hybridized carbons (Fsp3) is 0.263. The highest BCUT2D eigenvalue weighted by Crippen LogP contribution is 2.21. The number of amides is 1. The molecule has 1 unspecified atom stereocenters. The monoisotopic (exact) mass is 327 g/mol. The van der Waals surface area contributed by atoms with E-state index in [0.717, 1.165) is 16.7 Å². The first-order valence-corrected chi connectivity index (χ1v) is 7.63. The third-order valence-electron chi connectivity index (χ3n) is 4.01. The first-order valence-electron chi connectivity index (χ1n) is 7.63. The largest absolute Gasteiger partial charge is 0.497 e. The first-order chi connectivity index (χ1) is 11.4. The normalized spacial score (nSPS) is 11.6. The van der Waals surface area contributed by atoms with E-state index in [-0.39, 0.29) is 12.3 Å². The van der Waals surface area contributed by atoms with Gasteiger partial charge >= 0.3 is 5.97 Å². The third-order valence-corrected chi connectivity index (χ3v) is 4.01. The van der Waals surface area contributed by atoms with Gasteiger partial charge in [-0.2, -0.15) is 0 Å². The average molecular weight is 327 g/mol. The lowest BCUT2D eigenvalue weighted by Crippen LogP contribution is -2.35. The van der Waals surface area contributed by atoms with E-state index in [2.05, 4.69) is 5.32 Å². The van der Waals surface area contributed by atoms with Crippen LogP contribution in [0.25, 0.3) is 0 Å². The summed E-state index contributed by atoms with van der Waals surface area (Å²) in [6.45, 7) is 3.77. The summed E-state index contributed by atoms with van der Waals surface area (Å²) in [5.74, 6) is -0.774. The lowest BCUT2D eigenvalue weighted by molar-refractivity contribution is -0.142. The fourth-order valence-corrected chi connectivity index (χ4v) is 2.54. The van der Waals surface area contributed by atoms with E-state index in [1.807, 2.05) is 19.9 Å². The van der Waals surface area contributed by atoms with Crippen molar-refractivity contribution in [3.8, 4) is 5.75 Å². The lowest BCUT2D eigenvalue weighted by Gasteiger charge is -2.18. The van der Waals surface area contributed by atoms with Gasteiger partial charge in [0.05, 0.1) is 13.5 Å². The Kier molecular flexibility index (Phi) is 5.58. The molecule has 0 radical (unpaired) electrons. The molecule has 2 aromatic rings. The van der Waals surface area contributed by atoms with Crippen molar-refractivity contribution in [2.75, 3.05) is 7.11 Å². The number of ether oxygens (including phenoxy) is 1. The molecule has 0 fully saturated rings. The van der Waals surface area contributed by atoms with Crippen LogP contribution < -0.4 is 10.1 Å². The van der Waals surface area contributed by atoms with Crippen LogP contribution in [0, 0.1) is 13.8 Å². The molecule has 0 aliphatic heterocycles. The van der Waals surface area contributed by atoms with Crippen LogP contribution >= 0.6 is 0 Å². The van der Waals surface area contributed by atoms with Gasteiger partial charge in [0.2, 0.25) is 5.91 Å². The van der Waals surface area contributed by atoms with Crippen LogP contribution in [0.15, 0.2) is 42.5 Å². The maximum atomic E-state index is 12.3. The smallest absolute Gasteiger partial charge is 0.330 e. The molecule has 24 heavy (non-hydrogen) atoms. The number of carboxylic acids is 1. The van der Waals surface area contributed by atoms with Gasteiger partial charge in [-0.1, -0.05) is 30.3 Å². The number of carbonyl (C=O) groups excluding carboxylic acids is 1. The van der Waals surface area contributed by atoms with Gasteiger partial charge < -0.3 is 15.2 Å². The average Bonchev–Trinajstić information content (AvgIpc) is 2.55. The molecule has 0 aliphatic carbocycles. The number of hydrogen-bond donors (Lipinski definition) is 2. The van der Waals surface area contributed by atoms with Gasteiger partial charge in [0.1, 0.15) is 5.75 Å². The first kappa shape index (κ1) is 17.5. The van der Waals surface area contributed by atoms with Crippen molar-refractivity contribution in [2.24, 2.45) is 0 Å². The summed E-state index contributed by atoms with van der Waals surface area (Å²) in [7, 11) is 1.56. The summed E-state index contributed by atoms with van der Waals surface area (Å²) in [5, 5.41) is 12.1. The van der Waals surface area contributed by atoms with Crippen molar-refractivity contribution in [1.82, 2.24) is 5.32 Å². The number of nitrogens with one attached hydrogen (secondary N) is 1. The highest BCUT2D eigenvalue weighted by Gasteiger charge is 2.24. The van der Waals surface area contributed by atoms with E-state index in [9.17, 15) is 14.7 Å². The Bertz CT molecular complexity index is 755. The third kappa shape index (κ3) is 4.13. The predicted octanol–water partition coefficient (Wildman–Crippen LogP) is 2.80. The van der Waals surface area contributed by atoms with E-state index < -0.39 is 12.0 Å². The molecule has 5 nitrogen and oxygen atoms in total. The molecular weight excluding hydrogens is 306 g/mol. The number of aliphatic carboxylic acids is 1. The van der Waals surface area contributed by atoms with Crippen molar-refractivity contribution < 1.29 is 19.4 Å². The minimum atomic E-state index is -1.08. The van der Waals surface area contributed by atoms with Crippen molar-refractivity contribution in [3.05, 3.63) is 64.7 Å². The van der Waals surface area contributed by atoms with Gasteiger partial charge in [0, 0.05) is 0 Å². The van der Waals surface area contributed by atoms with Gasteiger partial charge in [0.15, 0.2) is 6.04 Å². The Morgan fingerprint density at radius 3 is 2.54 bits per heavy atom. The van der Waals surface area contributed by atoms with Crippen LogP contribution in [-0.4, -0.2) is 24.1 Å². The summed E-state index contributed by atoms with van der Waals surface area (Å²) in [4.78, 5) is 23.9. The molecule has 126 valence electrons. The molecule has 0 heterocycles. The van der Waals surface area contributed by atoms with Crippen molar-refractivity contribution >= 4 is 11.9 Å². The van der Waals surface area contributed by atoms with Gasteiger partial charge in [-0.05, 0) is 48.2 Å². The maximum absolute atomic E-state index is 12.3. The Hall–Kier alpha value is -2.82. The molecule has 2 rings (SSSR count). The van der Waals surface area contributed by atoms with Crippen LogP contribution in [-0.2, 0) is 16.0 Å². The van der Waals surface area contributed by atoms with Crippen molar-refractivity contribution in [2.45, 2.75) is 26.3 Å². The Balaban J connectivity index is 2.17. The topological polar surface area (TPSA) is 75.6 Å². The molecule has 2 N–H and O–H groups in total. The number of carboxylic acid groups (broad SMARTS) is 1. The molecule has 0 aromatic heterocycles. The molecule has 1 atom stereocenters.